The molecule has 4 heteroatoms. The van der Waals surface area contributed by atoms with Gasteiger partial charge in [0.2, 0.25) is 5.91 Å². The number of nitrogens with zero attached hydrogens (tertiary/aromatic N) is 2. The fourth-order valence-electron chi connectivity index (χ4n) is 3.17. The average molecular weight is 346 g/mol. The third-order valence-electron chi connectivity index (χ3n) is 4.35. The van der Waals surface area contributed by atoms with Crippen LogP contribution in [-0.4, -0.2) is 20.7 Å². The molecule has 0 N–H and O–H groups in total. The number of benzene rings is 2. The zero-order valence-corrected chi connectivity index (χ0v) is 14.7. The topological polar surface area (TPSA) is 34.9 Å². The highest BCUT2D eigenvalue weighted by atomic mass is 32.2. The number of hydrogen-bond donors (Lipinski definition) is 0. The molecule has 1 atom stereocenters. The van der Waals surface area contributed by atoms with Crippen molar-refractivity contribution in [2.45, 2.75) is 23.6 Å². The van der Waals surface area contributed by atoms with Gasteiger partial charge in [0.25, 0.3) is 0 Å². The van der Waals surface area contributed by atoms with Crippen molar-refractivity contribution < 1.29 is 4.79 Å². The number of fused-ring (bicyclic) bond motifs is 3. The van der Waals surface area contributed by atoms with Crippen LogP contribution in [0.5, 0.6) is 0 Å². The van der Waals surface area contributed by atoms with E-state index in [0.717, 1.165) is 33.3 Å². The first kappa shape index (κ1) is 15.9. The van der Waals surface area contributed by atoms with E-state index in [1.165, 1.54) is 11.8 Å². The largest absolute Gasteiger partial charge is 0.279 e. The molecule has 0 saturated carbocycles. The molecule has 0 spiro atoms. The molecule has 3 nitrogen and oxygen atoms in total. The summed E-state index contributed by atoms with van der Waals surface area (Å²) >= 11 is 1.53. The van der Waals surface area contributed by atoms with E-state index in [9.17, 15) is 4.79 Å². The zero-order chi connectivity index (χ0) is 17.2. The predicted octanol–water partition coefficient (Wildman–Crippen LogP) is 5.40. The Kier molecular flexibility index (Phi) is 4.28. The number of aromatic nitrogens is 2. The van der Waals surface area contributed by atoms with Crippen LogP contribution in [0.3, 0.4) is 0 Å². The first-order valence-electron chi connectivity index (χ1n) is 8.39. The van der Waals surface area contributed by atoms with Crippen LogP contribution in [0, 0.1) is 0 Å². The highest BCUT2D eigenvalue weighted by Crippen LogP contribution is 2.32. The predicted molar refractivity (Wildman–Crippen MR) is 104 cm³/mol. The maximum absolute atomic E-state index is 13.4. The van der Waals surface area contributed by atoms with Gasteiger partial charge in [-0.25, -0.2) is 4.98 Å². The second-order valence-electron chi connectivity index (χ2n) is 5.89. The molecule has 4 aromatic rings. The molecule has 4 rings (SSSR count). The van der Waals surface area contributed by atoms with Crippen LogP contribution in [0.2, 0.25) is 0 Å². The molecule has 124 valence electrons. The van der Waals surface area contributed by atoms with Gasteiger partial charge in [0.05, 0.1) is 21.3 Å². The molecule has 1 unspecified atom stereocenters. The van der Waals surface area contributed by atoms with Crippen LogP contribution in [0.1, 0.15) is 18.1 Å². The van der Waals surface area contributed by atoms with E-state index in [1.54, 1.807) is 6.20 Å². The summed E-state index contributed by atoms with van der Waals surface area (Å²) in [7, 11) is 0. The Bertz CT molecular complexity index is 986. The summed E-state index contributed by atoms with van der Waals surface area (Å²) in [6.45, 7) is 2.05. The number of carbonyl (C=O) groups excluding carboxylic acids is 1. The third kappa shape index (κ3) is 2.83. The van der Waals surface area contributed by atoms with E-state index in [0.29, 0.717) is 0 Å². The fraction of sp³-hybridized carbons (Fsp3) is 0.143. The first-order valence-corrected chi connectivity index (χ1v) is 9.27. The minimum atomic E-state index is -0.172. The Morgan fingerprint density at radius 3 is 2.12 bits per heavy atom. The second kappa shape index (κ2) is 6.73. The van der Waals surface area contributed by atoms with E-state index >= 15 is 0 Å². The van der Waals surface area contributed by atoms with Gasteiger partial charge in [-0.05, 0) is 30.7 Å². The Morgan fingerprint density at radius 1 is 0.960 bits per heavy atom. The van der Waals surface area contributed by atoms with Crippen molar-refractivity contribution in [1.29, 1.82) is 0 Å². The zero-order valence-electron chi connectivity index (χ0n) is 13.9. The van der Waals surface area contributed by atoms with Crippen LogP contribution in [-0.2, 0) is 0 Å². The van der Waals surface area contributed by atoms with Crippen LogP contribution < -0.4 is 0 Å². The lowest BCUT2D eigenvalue weighted by molar-refractivity contribution is 0.0919. The Hall–Kier alpha value is -2.59. The van der Waals surface area contributed by atoms with Gasteiger partial charge in [0.1, 0.15) is 0 Å². The summed E-state index contributed by atoms with van der Waals surface area (Å²) in [5.74, 6) is 0.107. The summed E-state index contributed by atoms with van der Waals surface area (Å²) < 4.78 is 1.87. The first-order chi connectivity index (χ1) is 12.3. The van der Waals surface area contributed by atoms with Crippen molar-refractivity contribution in [1.82, 2.24) is 9.55 Å². The Labute approximate surface area is 150 Å². The van der Waals surface area contributed by atoms with Crippen LogP contribution in [0.15, 0.2) is 78.0 Å². The smallest absolute Gasteiger partial charge is 0.245 e. The quantitative estimate of drug-likeness (QED) is 0.464. The van der Waals surface area contributed by atoms with Gasteiger partial charge in [-0.3, -0.25) is 9.36 Å². The maximum atomic E-state index is 13.4. The number of hydrogen-bond acceptors (Lipinski definition) is 3. The average Bonchev–Trinajstić information content (AvgIpc) is 3.01. The van der Waals surface area contributed by atoms with E-state index in [4.69, 9.17) is 0 Å². The molecular formula is C21H18N2OS. The molecule has 0 fully saturated rings. The summed E-state index contributed by atoms with van der Waals surface area (Å²) in [5, 5.41) is 2.94. The molecule has 0 aliphatic carbocycles. The summed E-state index contributed by atoms with van der Waals surface area (Å²) in [4.78, 5) is 17.7. The van der Waals surface area contributed by atoms with Crippen molar-refractivity contribution in [2.24, 2.45) is 0 Å². The lowest BCUT2D eigenvalue weighted by Gasteiger charge is -2.15. The molecule has 0 radical (unpaired) electrons. The molecule has 0 saturated heterocycles. The van der Waals surface area contributed by atoms with Gasteiger partial charge in [-0.2, -0.15) is 0 Å². The lowest BCUT2D eigenvalue weighted by atomic mass is 10.2. The van der Waals surface area contributed by atoms with Gasteiger partial charge in [0.15, 0.2) is 0 Å². The Morgan fingerprint density at radius 2 is 1.56 bits per heavy atom. The van der Waals surface area contributed by atoms with Crippen LogP contribution in [0.25, 0.3) is 21.8 Å². The molecule has 0 aliphatic heterocycles. The number of thioether (sulfide) groups is 1. The molecule has 0 aliphatic rings. The lowest BCUT2D eigenvalue weighted by Crippen LogP contribution is -2.23. The van der Waals surface area contributed by atoms with E-state index in [2.05, 4.69) is 17.1 Å². The van der Waals surface area contributed by atoms with Crippen molar-refractivity contribution in [3.63, 3.8) is 0 Å². The maximum Gasteiger partial charge on any atom is 0.245 e. The highest BCUT2D eigenvalue weighted by Gasteiger charge is 2.24. The van der Waals surface area contributed by atoms with Gasteiger partial charge >= 0.3 is 0 Å². The van der Waals surface area contributed by atoms with Crippen LogP contribution >= 0.6 is 11.8 Å². The minimum absolute atomic E-state index is 0.107. The molecule has 25 heavy (non-hydrogen) atoms. The van der Waals surface area contributed by atoms with Crippen molar-refractivity contribution in [3.05, 3.63) is 72.9 Å². The van der Waals surface area contributed by atoms with Gasteiger partial charge < -0.3 is 0 Å². The highest BCUT2D eigenvalue weighted by molar-refractivity contribution is 8.00. The normalized spacial score (nSPS) is 12.5. The third-order valence-corrected chi connectivity index (χ3v) is 5.65. The van der Waals surface area contributed by atoms with Gasteiger partial charge in [-0.1, -0.05) is 61.2 Å². The van der Waals surface area contributed by atoms with Gasteiger partial charge in [-0.15, -0.1) is 0 Å². The summed E-state index contributed by atoms with van der Waals surface area (Å²) in [6.07, 6.45) is 2.51. The van der Waals surface area contributed by atoms with Crippen molar-refractivity contribution >= 4 is 39.5 Å². The van der Waals surface area contributed by atoms with E-state index in [-0.39, 0.29) is 11.2 Å². The van der Waals surface area contributed by atoms with Crippen molar-refractivity contribution in [3.8, 4) is 0 Å². The SMILES string of the molecule is CCC(Sc1ccccn1)C(=O)n1c2ccccc2c2ccccc21. The summed E-state index contributed by atoms with van der Waals surface area (Å²) in [5.41, 5.74) is 1.93. The standard InChI is InChI=1S/C21H18N2OS/c1-2-19(25-20-13-7-8-14-22-20)21(24)23-17-11-5-3-9-15(17)16-10-4-6-12-18(16)23/h3-14,19H,2H2,1H3. The second-order valence-corrected chi connectivity index (χ2v) is 7.11. The molecule has 0 bridgehead atoms. The molecule has 2 heterocycles. The Balaban J connectivity index is 1.83. The number of rotatable bonds is 4. The van der Waals surface area contributed by atoms with E-state index in [1.807, 2.05) is 66.1 Å². The fourth-order valence-corrected chi connectivity index (χ4v) is 4.12. The molecular weight excluding hydrogens is 328 g/mol. The van der Waals surface area contributed by atoms with Crippen LogP contribution in [0.4, 0.5) is 0 Å². The summed E-state index contributed by atoms with van der Waals surface area (Å²) in [6, 6.07) is 22.0. The van der Waals surface area contributed by atoms with Crippen molar-refractivity contribution in [2.75, 3.05) is 0 Å². The number of carbonyl (C=O) groups is 1. The molecule has 0 amide bonds. The van der Waals surface area contributed by atoms with Gasteiger partial charge in [0, 0.05) is 17.0 Å². The minimum Gasteiger partial charge on any atom is -0.279 e. The van der Waals surface area contributed by atoms with E-state index < -0.39 is 0 Å². The number of para-hydroxylation sites is 2. The molecule has 2 aromatic heterocycles. The number of pyridine rings is 1. The molecule has 2 aromatic carbocycles. The monoisotopic (exact) mass is 346 g/mol.